The van der Waals surface area contributed by atoms with E-state index in [0.29, 0.717) is 22.1 Å². The average molecular weight is 571 g/mol. The maximum absolute atomic E-state index is 14.1. The van der Waals surface area contributed by atoms with Crippen LogP contribution < -0.4 is 36.2 Å². The summed E-state index contributed by atoms with van der Waals surface area (Å²) in [6.45, 7) is 0. The SMILES string of the molecule is O=P1(O[I-]P2(=O)OC3=C(C=C=C=C3)c3ccccc32)Oc2ccccc2-c2ccccc21. The molecule has 0 fully saturated rings. The second-order valence-corrected chi connectivity index (χ2v) is 16.9. The Morgan fingerprint density at radius 1 is 0.719 bits per heavy atom. The van der Waals surface area contributed by atoms with Gasteiger partial charge in [-0.3, -0.25) is 0 Å². The van der Waals surface area contributed by atoms with E-state index in [1.165, 1.54) is 0 Å². The summed E-state index contributed by atoms with van der Waals surface area (Å²) >= 11 is -1.67. The van der Waals surface area contributed by atoms with Gasteiger partial charge in [-0.1, -0.05) is 0 Å². The van der Waals surface area contributed by atoms with Crippen molar-refractivity contribution in [1.82, 2.24) is 0 Å². The topological polar surface area (TPSA) is 61.8 Å². The normalized spacial score (nSPS) is 24.1. The van der Waals surface area contributed by atoms with Crippen molar-refractivity contribution in [3.05, 3.63) is 108 Å². The van der Waals surface area contributed by atoms with E-state index in [2.05, 4.69) is 11.5 Å². The summed E-state index contributed by atoms with van der Waals surface area (Å²) in [5, 5.41) is -2.40. The molecule has 0 bridgehead atoms. The molecule has 2 heterocycles. The van der Waals surface area contributed by atoms with E-state index in [1.54, 1.807) is 36.4 Å². The zero-order chi connectivity index (χ0) is 21.8. The van der Waals surface area contributed by atoms with Crippen LogP contribution in [0.1, 0.15) is 5.56 Å². The molecule has 8 heteroatoms. The fraction of sp³-hybridized carbons (Fsp3) is 0. The Morgan fingerprint density at radius 3 is 2.22 bits per heavy atom. The number of fused-ring (bicyclic) bond motifs is 5. The molecular formula is C24H14IO5P2-. The van der Waals surface area contributed by atoms with Crippen LogP contribution >= 0.6 is 12.6 Å². The van der Waals surface area contributed by atoms with Crippen LogP contribution in [-0.2, 0) is 16.5 Å². The molecule has 0 saturated heterocycles. The third-order valence-corrected chi connectivity index (χ3v) is 15.5. The average Bonchev–Trinajstić information content (AvgIpc) is 2.84. The van der Waals surface area contributed by atoms with Crippen LogP contribution in [0.25, 0.3) is 16.7 Å². The molecule has 0 radical (unpaired) electrons. The first-order valence-corrected chi connectivity index (χ1v) is 16.6. The van der Waals surface area contributed by atoms with E-state index in [1.807, 2.05) is 48.5 Å². The van der Waals surface area contributed by atoms with Crippen molar-refractivity contribution < 1.29 is 42.1 Å². The minimum absolute atomic E-state index is 0.461. The number of rotatable bonds is 3. The molecule has 0 spiro atoms. The summed E-state index contributed by atoms with van der Waals surface area (Å²) in [7, 11) is -3.76. The molecule has 0 aromatic heterocycles. The fourth-order valence-electron chi connectivity index (χ4n) is 3.84. The molecule has 5 nitrogen and oxygen atoms in total. The van der Waals surface area contributed by atoms with E-state index >= 15 is 0 Å². The molecule has 0 N–H and O–H groups in total. The molecule has 6 rings (SSSR count). The Balaban J connectivity index is 1.39. The summed E-state index contributed by atoms with van der Waals surface area (Å²) in [6, 6.07) is 22.1. The zero-order valence-electron chi connectivity index (χ0n) is 16.4. The Bertz CT molecular complexity index is 1530. The molecular weight excluding hydrogens is 557 g/mol. The summed E-state index contributed by atoms with van der Waals surface area (Å²) in [5.74, 6) is 0.944. The molecule has 2 aliphatic heterocycles. The van der Waals surface area contributed by atoms with Crippen molar-refractivity contribution in [3.8, 4) is 16.9 Å². The predicted octanol–water partition coefficient (Wildman–Crippen LogP) is 2.72. The molecule has 158 valence electrons. The van der Waals surface area contributed by atoms with E-state index < -0.39 is 33.7 Å². The van der Waals surface area contributed by atoms with Gasteiger partial charge in [0.25, 0.3) is 0 Å². The van der Waals surface area contributed by atoms with Gasteiger partial charge in [-0.05, 0) is 0 Å². The second-order valence-electron chi connectivity index (χ2n) is 7.18. The van der Waals surface area contributed by atoms with Gasteiger partial charge in [-0.25, -0.2) is 0 Å². The third kappa shape index (κ3) is 3.12. The standard InChI is InChI=1S/C24H14IO5P2/c26-31(23-15-7-3-11-19(23)17-9-1-5-13-21(17)28-31)25-30-32(27)24-16-8-4-12-20(24)18-10-2-6-14-22(18)29-32/h2-4,6-16H/q-1. The van der Waals surface area contributed by atoms with Crippen molar-refractivity contribution in [2.45, 2.75) is 0 Å². The Hall–Kier alpha value is -2.55. The first kappa shape index (κ1) is 20.1. The van der Waals surface area contributed by atoms with Gasteiger partial charge in [0, 0.05) is 0 Å². The van der Waals surface area contributed by atoms with Crippen molar-refractivity contribution in [1.29, 1.82) is 0 Å². The zero-order valence-corrected chi connectivity index (χ0v) is 20.3. The quantitative estimate of drug-likeness (QED) is 0.275. The summed E-state index contributed by atoms with van der Waals surface area (Å²) in [4.78, 5) is 0. The van der Waals surface area contributed by atoms with Crippen LogP contribution in [0.2, 0.25) is 0 Å². The van der Waals surface area contributed by atoms with Gasteiger partial charge in [0.2, 0.25) is 0 Å². The fourth-order valence-corrected chi connectivity index (χ4v) is 15.0. The number of hydrogen-bond donors (Lipinski definition) is 0. The van der Waals surface area contributed by atoms with E-state index in [4.69, 9.17) is 11.9 Å². The van der Waals surface area contributed by atoms with Crippen LogP contribution in [0.15, 0.2) is 102 Å². The van der Waals surface area contributed by atoms with Crippen molar-refractivity contribution >= 4 is 28.8 Å². The Kier molecular flexibility index (Phi) is 4.71. The number of halogens is 1. The maximum atomic E-state index is 14.1. The number of para-hydroxylation sites is 1. The molecule has 3 aromatic rings. The van der Waals surface area contributed by atoms with Crippen LogP contribution in [-0.4, -0.2) is 0 Å². The molecule has 2 atom stereocenters. The van der Waals surface area contributed by atoms with Gasteiger partial charge in [0.15, 0.2) is 0 Å². The van der Waals surface area contributed by atoms with Gasteiger partial charge < -0.3 is 0 Å². The van der Waals surface area contributed by atoms with Gasteiger partial charge in [0.05, 0.1) is 0 Å². The van der Waals surface area contributed by atoms with E-state index in [9.17, 15) is 9.13 Å². The van der Waals surface area contributed by atoms with E-state index in [-0.39, 0.29) is 0 Å². The van der Waals surface area contributed by atoms with Gasteiger partial charge in [0.1, 0.15) is 0 Å². The molecule has 1 aliphatic carbocycles. The predicted molar refractivity (Wildman–Crippen MR) is 119 cm³/mol. The minimum atomic E-state index is -3.76. The molecule has 3 aliphatic rings. The van der Waals surface area contributed by atoms with Crippen LogP contribution in [0.4, 0.5) is 0 Å². The summed E-state index contributed by atoms with van der Waals surface area (Å²) in [5.41, 5.74) is 9.01. The van der Waals surface area contributed by atoms with Gasteiger partial charge in [-0.2, -0.15) is 0 Å². The molecule has 2 unspecified atom stereocenters. The summed E-state index contributed by atoms with van der Waals surface area (Å²) in [6.07, 6.45) is 3.38. The van der Waals surface area contributed by atoms with Gasteiger partial charge >= 0.3 is 196 Å². The monoisotopic (exact) mass is 571 g/mol. The van der Waals surface area contributed by atoms with Crippen LogP contribution in [0.5, 0.6) is 5.75 Å². The van der Waals surface area contributed by atoms with Gasteiger partial charge in [-0.15, -0.1) is 0 Å². The van der Waals surface area contributed by atoms with Crippen LogP contribution in [0, 0.1) is 0 Å². The Morgan fingerprint density at radius 2 is 1.38 bits per heavy atom. The first-order chi connectivity index (χ1) is 15.6. The summed E-state index contributed by atoms with van der Waals surface area (Å²) < 4.78 is 45.9. The van der Waals surface area contributed by atoms with Crippen molar-refractivity contribution in [2.75, 3.05) is 0 Å². The number of hydrogen-bond acceptors (Lipinski definition) is 5. The number of benzene rings is 3. The second kappa shape index (κ2) is 7.50. The van der Waals surface area contributed by atoms with Crippen LogP contribution in [0.3, 0.4) is 0 Å². The molecule has 3 aromatic carbocycles. The molecule has 0 amide bonds. The molecule has 32 heavy (non-hydrogen) atoms. The number of allylic oxidation sites excluding steroid dienone is 3. The third-order valence-electron chi connectivity index (χ3n) is 5.27. The Labute approximate surface area is 194 Å². The molecule has 0 saturated carbocycles. The van der Waals surface area contributed by atoms with Crippen molar-refractivity contribution in [3.63, 3.8) is 0 Å². The van der Waals surface area contributed by atoms with Crippen molar-refractivity contribution in [2.24, 2.45) is 0 Å². The van der Waals surface area contributed by atoms with E-state index in [0.717, 1.165) is 22.3 Å². The first-order valence-electron chi connectivity index (χ1n) is 9.73.